The molecule has 0 saturated carbocycles. The number of hydrogen-bond donors (Lipinski definition) is 2. The normalized spacial score (nSPS) is 26.9. The molecule has 1 aliphatic heterocycles. The van der Waals surface area contributed by atoms with Crippen LogP contribution in [0, 0.1) is 5.92 Å². The first-order chi connectivity index (χ1) is 10.5. The van der Waals surface area contributed by atoms with E-state index < -0.39 is 18.2 Å². The SMILES string of the molecule is CCC(C)C(NC1C=CC=CC1)C(=O)N1CCOC1C(=O)O. The minimum atomic E-state index is -1.16. The molecule has 1 saturated heterocycles. The number of amides is 1. The largest absolute Gasteiger partial charge is 0.478 e. The first-order valence-corrected chi connectivity index (χ1v) is 7.78. The van der Waals surface area contributed by atoms with E-state index in [1.807, 2.05) is 32.1 Å². The first-order valence-electron chi connectivity index (χ1n) is 7.78. The molecular formula is C16H24N2O4. The van der Waals surface area contributed by atoms with Crippen molar-refractivity contribution in [3.05, 3.63) is 24.3 Å². The second-order valence-corrected chi connectivity index (χ2v) is 5.78. The molecular weight excluding hydrogens is 284 g/mol. The maximum atomic E-state index is 12.8. The van der Waals surface area contributed by atoms with E-state index in [0.29, 0.717) is 6.54 Å². The van der Waals surface area contributed by atoms with Gasteiger partial charge in [0.2, 0.25) is 12.1 Å². The van der Waals surface area contributed by atoms with Crippen molar-refractivity contribution >= 4 is 11.9 Å². The van der Waals surface area contributed by atoms with Crippen molar-refractivity contribution < 1.29 is 19.4 Å². The molecule has 1 aliphatic carbocycles. The smallest absolute Gasteiger partial charge is 0.354 e. The third kappa shape index (κ3) is 3.75. The second-order valence-electron chi connectivity index (χ2n) is 5.78. The zero-order valence-corrected chi connectivity index (χ0v) is 13.1. The van der Waals surface area contributed by atoms with Crippen molar-refractivity contribution in [3.8, 4) is 0 Å². The van der Waals surface area contributed by atoms with Gasteiger partial charge in [0.25, 0.3) is 0 Å². The highest BCUT2D eigenvalue weighted by atomic mass is 16.5. The number of carboxylic acids is 1. The summed E-state index contributed by atoms with van der Waals surface area (Å²) in [5, 5.41) is 12.5. The van der Waals surface area contributed by atoms with Crippen LogP contribution in [0.1, 0.15) is 26.7 Å². The molecule has 6 heteroatoms. The van der Waals surface area contributed by atoms with Crippen LogP contribution in [0.4, 0.5) is 0 Å². The fraction of sp³-hybridized carbons (Fsp3) is 0.625. The Balaban J connectivity index is 2.10. The summed E-state index contributed by atoms with van der Waals surface area (Å²) in [5.74, 6) is -1.20. The van der Waals surface area contributed by atoms with E-state index in [-0.39, 0.29) is 24.5 Å². The third-order valence-electron chi connectivity index (χ3n) is 4.24. The fourth-order valence-corrected chi connectivity index (χ4v) is 2.73. The maximum Gasteiger partial charge on any atom is 0.354 e. The molecule has 1 heterocycles. The molecule has 0 radical (unpaired) electrons. The van der Waals surface area contributed by atoms with Crippen LogP contribution >= 0.6 is 0 Å². The molecule has 2 N–H and O–H groups in total. The Hall–Kier alpha value is -1.66. The Morgan fingerprint density at radius 3 is 2.82 bits per heavy atom. The number of carbonyl (C=O) groups excluding carboxylic acids is 1. The molecule has 4 unspecified atom stereocenters. The standard InChI is InChI=1S/C16H24N2O4/c1-3-11(2)13(17-12-7-5-4-6-8-12)14(19)18-9-10-22-15(18)16(20)21/h4-7,11-13,15,17H,3,8-10H2,1-2H3,(H,20,21). The molecule has 1 fully saturated rings. The maximum absolute atomic E-state index is 12.8. The number of aliphatic carboxylic acids is 1. The Labute approximate surface area is 130 Å². The van der Waals surface area contributed by atoms with Gasteiger partial charge < -0.3 is 14.7 Å². The van der Waals surface area contributed by atoms with Crippen LogP contribution < -0.4 is 5.32 Å². The minimum absolute atomic E-state index is 0.0970. The molecule has 4 atom stereocenters. The van der Waals surface area contributed by atoms with Crippen LogP contribution in [0.3, 0.4) is 0 Å². The number of ether oxygens (including phenoxy) is 1. The van der Waals surface area contributed by atoms with Crippen LogP contribution in [0.5, 0.6) is 0 Å². The van der Waals surface area contributed by atoms with Crippen molar-refractivity contribution in [1.82, 2.24) is 10.2 Å². The molecule has 0 spiro atoms. The molecule has 0 aromatic rings. The number of allylic oxidation sites excluding steroid dienone is 2. The molecule has 0 aromatic heterocycles. The van der Waals surface area contributed by atoms with Crippen molar-refractivity contribution in [2.45, 2.75) is 45.0 Å². The lowest BCUT2D eigenvalue weighted by Crippen LogP contribution is -2.55. The minimum Gasteiger partial charge on any atom is -0.478 e. The summed E-state index contributed by atoms with van der Waals surface area (Å²) in [6.07, 6.45) is 8.51. The van der Waals surface area contributed by atoms with E-state index in [2.05, 4.69) is 11.4 Å². The lowest BCUT2D eigenvalue weighted by molar-refractivity contribution is -0.161. The number of rotatable bonds is 6. The molecule has 122 valence electrons. The van der Waals surface area contributed by atoms with E-state index in [0.717, 1.165) is 12.8 Å². The van der Waals surface area contributed by atoms with E-state index in [1.54, 1.807) is 0 Å². The van der Waals surface area contributed by atoms with Gasteiger partial charge in [-0.05, 0) is 12.3 Å². The predicted molar refractivity (Wildman–Crippen MR) is 82.2 cm³/mol. The van der Waals surface area contributed by atoms with Crippen molar-refractivity contribution in [2.24, 2.45) is 5.92 Å². The molecule has 1 amide bonds. The third-order valence-corrected chi connectivity index (χ3v) is 4.24. The van der Waals surface area contributed by atoms with E-state index >= 15 is 0 Å². The van der Waals surface area contributed by atoms with Crippen molar-refractivity contribution in [3.63, 3.8) is 0 Å². The second kappa shape index (κ2) is 7.56. The average molecular weight is 308 g/mol. The lowest BCUT2D eigenvalue weighted by atomic mass is 9.95. The van der Waals surface area contributed by atoms with Gasteiger partial charge in [-0.15, -0.1) is 0 Å². The summed E-state index contributed by atoms with van der Waals surface area (Å²) < 4.78 is 5.15. The molecule has 6 nitrogen and oxygen atoms in total. The van der Waals surface area contributed by atoms with E-state index in [9.17, 15) is 14.7 Å². The fourth-order valence-electron chi connectivity index (χ4n) is 2.73. The molecule has 0 bridgehead atoms. The van der Waals surface area contributed by atoms with Crippen LogP contribution in [-0.2, 0) is 14.3 Å². The Bertz CT molecular complexity index is 475. The van der Waals surface area contributed by atoms with Gasteiger partial charge in [0.1, 0.15) is 0 Å². The van der Waals surface area contributed by atoms with Gasteiger partial charge in [0, 0.05) is 12.6 Å². The molecule has 0 aromatic carbocycles. The van der Waals surface area contributed by atoms with E-state index in [1.165, 1.54) is 4.90 Å². The van der Waals surface area contributed by atoms with Crippen molar-refractivity contribution in [1.29, 1.82) is 0 Å². The summed E-state index contributed by atoms with van der Waals surface area (Å²) >= 11 is 0. The quantitative estimate of drug-likeness (QED) is 0.769. The monoisotopic (exact) mass is 308 g/mol. The number of carboxylic acid groups (broad SMARTS) is 1. The van der Waals surface area contributed by atoms with Gasteiger partial charge in [-0.3, -0.25) is 10.1 Å². The van der Waals surface area contributed by atoms with Crippen LogP contribution in [0.25, 0.3) is 0 Å². The van der Waals surface area contributed by atoms with Gasteiger partial charge >= 0.3 is 5.97 Å². The highest BCUT2D eigenvalue weighted by Gasteiger charge is 2.39. The lowest BCUT2D eigenvalue weighted by Gasteiger charge is -2.32. The number of hydrogen-bond acceptors (Lipinski definition) is 4. The molecule has 2 rings (SSSR count). The number of carbonyl (C=O) groups is 2. The Morgan fingerprint density at radius 1 is 1.45 bits per heavy atom. The first kappa shape index (κ1) is 16.7. The van der Waals surface area contributed by atoms with Gasteiger partial charge in [-0.25, -0.2) is 4.79 Å². The van der Waals surface area contributed by atoms with Crippen LogP contribution in [0.15, 0.2) is 24.3 Å². The summed E-state index contributed by atoms with van der Waals surface area (Å²) in [6, 6.07) is -0.311. The average Bonchev–Trinajstić information content (AvgIpc) is 3.02. The van der Waals surface area contributed by atoms with Gasteiger partial charge in [0.05, 0.1) is 12.6 Å². The van der Waals surface area contributed by atoms with Crippen LogP contribution in [-0.4, -0.2) is 53.3 Å². The zero-order chi connectivity index (χ0) is 16.1. The highest BCUT2D eigenvalue weighted by Crippen LogP contribution is 2.18. The summed E-state index contributed by atoms with van der Waals surface area (Å²) in [7, 11) is 0. The predicted octanol–water partition coefficient (Wildman–Crippen LogP) is 1.14. The summed E-state index contributed by atoms with van der Waals surface area (Å²) in [4.78, 5) is 25.3. The zero-order valence-electron chi connectivity index (χ0n) is 13.1. The van der Waals surface area contributed by atoms with Gasteiger partial charge in [-0.2, -0.15) is 0 Å². The number of nitrogens with one attached hydrogen (secondary N) is 1. The molecule has 2 aliphatic rings. The Kier molecular flexibility index (Phi) is 5.74. The number of nitrogens with zero attached hydrogens (tertiary/aromatic N) is 1. The topological polar surface area (TPSA) is 78.9 Å². The Morgan fingerprint density at radius 2 is 2.23 bits per heavy atom. The van der Waals surface area contributed by atoms with Gasteiger partial charge in [0.15, 0.2) is 0 Å². The van der Waals surface area contributed by atoms with E-state index in [4.69, 9.17) is 4.74 Å². The highest BCUT2D eigenvalue weighted by molar-refractivity contribution is 5.87. The molecule has 22 heavy (non-hydrogen) atoms. The van der Waals surface area contributed by atoms with Crippen molar-refractivity contribution in [2.75, 3.05) is 13.2 Å². The summed E-state index contributed by atoms with van der Waals surface area (Å²) in [5.41, 5.74) is 0. The van der Waals surface area contributed by atoms with Gasteiger partial charge in [-0.1, -0.05) is 44.6 Å². The van der Waals surface area contributed by atoms with Crippen LogP contribution in [0.2, 0.25) is 0 Å². The summed E-state index contributed by atoms with van der Waals surface area (Å²) in [6.45, 7) is 4.62.